The van der Waals surface area contributed by atoms with Gasteiger partial charge in [0.25, 0.3) is 0 Å². The molecule has 0 unspecified atom stereocenters. The molecular formula is C11H9FS. The molecule has 2 aromatic carbocycles. The van der Waals surface area contributed by atoms with Gasteiger partial charge in [-0.3, -0.25) is 0 Å². The summed E-state index contributed by atoms with van der Waals surface area (Å²) >= 11 is 1.44. The molecule has 2 heteroatoms. The molecule has 0 amide bonds. The second-order valence-electron chi connectivity index (χ2n) is 2.80. The Morgan fingerprint density at radius 1 is 1.08 bits per heavy atom. The summed E-state index contributed by atoms with van der Waals surface area (Å²) in [4.78, 5) is 0.707. The molecule has 0 aliphatic heterocycles. The molecule has 0 aromatic heterocycles. The number of hydrogen-bond donors (Lipinski definition) is 0. The van der Waals surface area contributed by atoms with Crippen LogP contribution in [0.15, 0.2) is 41.3 Å². The fourth-order valence-corrected chi connectivity index (χ4v) is 1.86. The highest BCUT2D eigenvalue weighted by Gasteiger charge is 2.04. The maximum Gasteiger partial charge on any atom is 0.144 e. The average Bonchev–Trinajstić information content (AvgIpc) is 2.19. The van der Waals surface area contributed by atoms with Gasteiger partial charge in [0.1, 0.15) is 5.82 Å². The maximum absolute atomic E-state index is 13.6. The second-order valence-corrected chi connectivity index (χ2v) is 3.65. The Kier molecular flexibility index (Phi) is 2.23. The van der Waals surface area contributed by atoms with Crippen LogP contribution >= 0.6 is 11.8 Å². The van der Waals surface area contributed by atoms with Crippen molar-refractivity contribution in [3.05, 3.63) is 42.2 Å². The average molecular weight is 192 g/mol. The number of benzene rings is 2. The lowest BCUT2D eigenvalue weighted by Gasteiger charge is -2.02. The molecule has 0 aliphatic rings. The van der Waals surface area contributed by atoms with Crippen LogP contribution in [0, 0.1) is 5.82 Å². The standard InChI is InChI=1S/C11H9FS/c1-13-10-7-6-8-4-2-3-5-9(8)11(10)12/h2-7H,1H3. The Morgan fingerprint density at radius 3 is 2.62 bits per heavy atom. The Bertz CT molecular complexity index is 437. The molecule has 13 heavy (non-hydrogen) atoms. The van der Waals surface area contributed by atoms with E-state index in [0.717, 1.165) is 5.39 Å². The van der Waals surface area contributed by atoms with Gasteiger partial charge in [-0.05, 0) is 17.7 Å². The highest BCUT2D eigenvalue weighted by molar-refractivity contribution is 7.98. The third kappa shape index (κ3) is 1.42. The zero-order chi connectivity index (χ0) is 9.26. The van der Waals surface area contributed by atoms with E-state index in [1.807, 2.05) is 42.7 Å². The molecule has 0 N–H and O–H groups in total. The molecule has 2 rings (SSSR count). The highest BCUT2D eigenvalue weighted by atomic mass is 32.2. The summed E-state index contributed by atoms with van der Waals surface area (Å²) in [5, 5.41) is 1.66. The summed E-state index contributed by atoms with van der Waals surface area (Å²) in [6.07, 6.45) is 1.88. The van der Waals surface area contributed by atoms with Crippen molar-refractivity contribution in [2.45, 2.75) is 4.90 Å². The van der Waals surface area contributed by atoms with E-state index in [0.29, 0.717) is 10.3 Å². The van der Waals surface area contributed by atoms with Crippen molar-refractivity contribution in [3.63, 3.8) is 0 Å². The zero-order valence-corrected chi connectivity index (χ0v) is 8.07. The van der Waals surface area contributed by atoms with Crippen LogP contribution in [0.3, 0.4) is 0 Å². The normalized spacial score (nSPS) is 10.6. The van der Waals surface area contributed by atoms with Crippen molar-refractivity contribution in [1.82, 2.24) is 0 Å². The monoisotopic (exact) mass is 192 g/mol. The van der Waals surface area contributed by atoms with Gasteiger partial charge in [-0.2, -0.15) is 0 Å². The quantitative estimate of drug-likeness (QED) is 0.621. The summed E-state index contributed by atoms with van der Waals surface area (Å²) in [7, 11) is 0. The predicted octanol–water partition coefficient (Wildman–Crippen LogP) is 3.70. The minimum atomic E-state index is -0.106. The van der Waals surface area contributed by atoms with Gasteiger partial charge in [-0.25, -0.2) is 4.39 Å². The lowest BCUT2D eigenvalue weighted by Crippen LogP contribution is -1.82. The van der Waals surface area contributed by atoms with Gasteiger partial charge in [0.05, 0.1) is 0 Å². The molecule has 0 radical (unpaired) electrons. The molecule has 0 atom stereocenters. The highest BCUT2D eigenvalue weighted by Crippen LogP contribution is 2.26. The van der Waals surface area contributed by atoms with E-state index >= 15 is 0 Å². The molecule has 0 heterocycles. The lowest BCUT2D eigenvalue weighted by atomic mass is 10.1. The van der Waals surface area contributed by atoms with Crippen LogP contribution in [0.2, 0.25) is 0 Å². The minimum absolute atomic E-state index is 0.106. The van der Waals surface area contributed by atoms with Crippen LogP contribution in [0.5, 0.6) is 0 Å². The van der Waals surface area contributed by atoms with Gasteiger partial charge in [-0.1, -0.05) is 30.3 Å². The van der Waals surface area contributed by atoms with Gasteiger partial charge >= 0.3 is 0 Å². The van der Waals surface area contributed by atoms with Crippen molar-refractivity contribution in [2.24, 2.45) is 0 Å². The topological polar surface area (TPSA) is 0 Å². The molecular weight excluding hydrogens is 183 g/mol. The van der Waals surface area contributed by atoms with E-state index in [1.54, 1.807) is 0 Å². The van der Waals surface area contributed by atoms with Crippen molar-refractivity contribution in [1.29, 1.82) is 0 Å². The SMILES string of the molecule is CSc1ccc2ccccc2c1F. The molecule has 0 bridgehead atoms. The first-order valence-electron chi connectivity index (χ1n) is 4.04. The largest absolute Gasteiger partial charge is 0.205 e. The Hall–Kier alpha value is -1.02. The first kappa shape index (κ1) is 8.57. The summed E-state index contributed by atoms with van der Waals surface area (Å²) in [6, 6.07) is 11.3. The van der Waals surface area contributed by atoms with Crippen LogP contribution in [0.1, 0.15) is 0 Å². The van der Waals surface area contributed by atoms with E-state index in [9.17, 15) is 4.39 Å². The Morgan fingerprint density at radius 2 is 1.85 bits per heavy atom. The molecule has 0 nitrogen and oxygen atoms in total. The van der Waals surface area contributed by atoms with E-state index < -0.39 is 0 Å². The van der Waals surface area contributed by atoms with Crippen LogP contribution in [0.4, 0.5) is 4.39 Å². The van der Waals surface area contributed by atoms with Gasteiger partial charge in [-0.15, -0.1) is 11.8 Å². The van der Waals surface area contributed by atoms with Gasteiger partial charge in [0, 0.05) is 10.3 Å². The lowest BCUT2D eigenvalue weighted by molar-refractivity contribution is 0.615. The number of rotatable bonds is 1. The third-order valence-corrected chi connectivity index (χ3v) is 2.80. The van der Waals surface area contributed by atoms with Crippen LogP contribution in [-0.2, 0) is 0 Å². The van der Waals surface area contributed by atoms with Gasteiger partial charge in [0.2, 0.25) is 0 Å². The molecule has 0 saturated heterocycles. The van der Waals surface area contributed by atoms with Gasteiger partial charge in [0.15, 0.2) is 0 Å². The van der Waals surface area contributed by atoms with Crippen molar-refractivity contribution in [3.8, 4) is 0 Å². The maximum atomic E-state index is 13.6. The molecule has 66 valence electrons. The number of thioether (sulfide) groups is 1. The van der Waals surface area contributed by atoms with Crippen LogP contribution in [0.25, 0.3) is 10.8 Å². The van der Waals surface area contributed by atoms with Crippen molar-refractivity contribution >= 4 is 22.5 Å². The van der Waals surface area contributed by atoms with Crippen molar-refractivity contribution < 1.29 is 4.39 Å². The molecule has 0 saturated carbocycles. The van der Waals surface area contributed by atoms with Gasteiger partial charge < -0.3 is 0 Å². The van der Waals surface area contributed by atoms with E-state index in [-0.39, 0.29) is 5.82 Å². The summed E-state index contributed by atoms with van der Waals surface area (Å²) in [6.45, 7) is 0. The first-order chi connectivity index (χ1) is 6.33. The summed E-state index contributed by atoms with van der Waals surface area (Å²) in [5.74, 6) is -0.106. The van der Waals surface area contributed by atoms with E-state index in [2.05, 4.69) is 0 Å². The Labute approximate surface area is 80.8 Å². The van der Waals surface area contributed by atoms with Crippen molar-refractivity contribution in [2.75, 3.05) is 6.26 Å². The van der Waals surface area contributed by atoms with Crippen LogP contribution < -0.4 is 0 Å². The summed E-state index contributed by atoms with van der Waals surface area (Å²) in [5.41, 5.74) is 0. The fraction of sp³-hybridized carbons (Fsp3) is 0.0909. The Balaban J connectivity index is 2.79. The third-order valence-electron chi connectivity index (χ3n) is 2.05. The predicted molar refractivity (Wildman–Crippen MR) is 55.7 cm³/mol. The molecule has 0 spiro atoms. The smallest absolute Gasteiger partial charge is 0.144 e. The second kappa shape index (κ2) is 3.38. The molecule has 2 aromatic rings. The fourth-order valence-electron chi connectivity index (χ4n) is 1.37. The zero-order valence-electron chi connectivity index (χ0n) is 7.25. The minimum Gasteiger partial charge on any atom is -0.205 e. The van der Waals surface area contributed by atoms with E-state index in [4.69, 9.17) is 0 Å². The summed E-state index contributed by atoms with van der Waals surface area (Å²) < 4.78 is 13.6. The number of halogens is 1. The molecule has 0 aliphatic carbocycles. The number of hydrogen-bond acceptors (Lipinski definition) is 1. The molecule has 0 fully saturated rings. The first-order valence-corrected chi connectivity index (χ1v) is 5.26. The van der Waals surface area contributed by atoms with E-state index in [1.165, 1.54) is 11.8 Å². The number of fused-ring (bicyclic) bond motifs is 1. The van der Waals surface area contributed by atoms with Crippen LogP contribution in [-0.4, -0.2) is 6.26 Å².